The Morgan fingerprint density at radius 3 is 1.84 bits per heavy atom. The summed E-state index contributed by atoms with van der Waals surface area (Å²) in [5.74, 6) is 1.91. The summed E-state index contributed by atoms with van der Waals surface area (Å²) in [7, 11) is 0. The first-order chi connectivity index (χ1) is 30.2. The zero-order valence-electron chi connectivity index (χ0n) is 32.2. The van der Waals surface area contributed by atoms with E-state index >= 15 is 0 Å². The summed E-state index contributed by atoms with van der Waals surface area (Å²) in [5.41, 5.74) is 7.98. The summed E-state index contributed by atoms with van der Waals surface area (Å²) < 4.78 is 7.36. The second-order valence-electron chi connectivity index (χ2n) is 16.7. The summed E-state index contributed by atoms with van der Waals surface area (Å²) in [6, 6.07) is 60.1. The minimum atomic E-state index is 0.605. The molecule has 0 bridgehead atoms. The van der Waals surface area contributed by atoms with Gasteiger partial charge >= 0.3 is 0 Å². The maximum absolute atomic E-state index is 5.56. The van der Waals surface area contributed by atoms with Gasteiger partial charge in [0.15, 0.2) is 11.6 Å². The Labute approximate surface area is 349 Å². The number of hydrogen-bond acceptors (Lipinski definition) is 4. The third-order valence-electron chi connectivity index (χ3n) is 13.7. The lowest BCUT2D eigenvalue weighted by Crippen LogP contribution is -2.06. The average Bonchev–Trinajstić information content (AvgIpc) is 4.03. The molecule has 16 rings (SSSR count). The first kappa shape index (κ1) is 31.1. The molecule has 6 aromatic heterocycles. The third kappa shape index (κ3) is 3.73. The van der Waals surface area contributed by atoms with Crippen LogP contribution in [0, 0.1) is 0 Å². The molecular weight excluding hydrogens is 763 g/mol. The Balaban J connectivity index is 1.07. The Morgan fingerprint density at radius 1 is 0.361 bits per heavy atom. The molecule has 0 fully saturated rings. The van der Waals surface area contributed by atoms with Gasteiger partial charge in [0.2, 0.25) is 5.95 Å². The van der Waals surface area contributed by atoms with Crippen LogP contribution in [0.5, 0.6) is 0 Å². The molecule has 0 saturated heterocycles. The maximum Gasteiger partial charge on any atom is 0.238 e. The zero-order valence-corrected chi connectivity index (χ0v) is 33.0. The molecule has 0 spiro atoms. The molecule has 278 valence electrons. The van der Waals surface area contributed by atoms with Gasteiger partial charge in [0.1, 0.15) is 0 Å². The predicted molar refractivity (Wildman–Crippen MR) is 256 cm³/mol. The van der Waals surface area contributed by atoms with E-state index < -0.39 is 0 Å². The van der Waals surface area contributed by atoms with Crippen LogP contribution < -0.4 is 0 Å². The number of para-hydroxylation sites is 1. The third-order valence-corrected chi connectivity index (χ3v) is 14.8. The minimum absolute atomic E-state index is 0.605. The topological polar surface area (TPSA) is 48.0 Å². The summed E-state index contributed by atoms with van der Waals surface area (Å²) in [5, 5.41) is 19.9. The van der Waals surface area contributed by atoms with Gasteiger partial charge in [-0.3, -0.25) is 4.57 Å². The van der Waals surface area contributed by atoms with Gasteiger partial charge in [0.25, 0.3) is 0 Å². The SMILES string of the molecule is c1ccc2cc(-c3nc(-c4cccc5sc6cc7ccccc7cc6c45)nc(-n4c5ccc6ccc7ccc8c9cccc%10c%11ccc4c4c5c6c7c8n(c9%10)c%114)n3)ccc2c1. The second kappa shape index (κ2) is 10.6. The highest BCUT2D eigenvalue weighted by Gasteiger charge is 2.29. The monoisotopic (exact) mass is 789 g/mol. The van der Waals surface area contributed by atoms with Crippen molar-refractivity contribution < 1.29 is 0 Å². The molecule has 6 heteroatoms. The van der Waals surface area contributed by atoms with Crippen LogP contribution in [0.3, 0.4) is 0 Å². The fourth-order valence-electron chi connectivity index (χ4n) is 11.2. The highest BCUT2D eigenvalue weighted by molar-refractivity contribution is 7.26. The van der Waals surface area contributed by atoms with Gasteiger partial charge in [-0.25, -0.2) is 4.98 Å². The van der Waals surface area contributed by atoms with Crippen LogP contribution in [0.25, 0.3) is 152 Å². The van der Waals surface area contributed by atoms with E-state index in [-0.39, 0.29) is 0 Å². The molecule has 0 unspecified atom stereocenters. The molecule has 0 aliphatic carbocycles. The molecule has 0 aliphatic heterocycles. The minimum Gasteiger partial charge on any atom is -0.307 e. The summed E-state index contributed by atoms with van der Waals surface area (Å²) in [6.45, 7) is 0. The fraction of sp³-hybridized carbons (Fsp3) is 0. The van der Waals surface area contributed by atoms with Gasteiger partial charge in [-0.2, -0.15) is 9.97 Å². The number of thiophene rings is 1. The highest BCUT2D eigenvalue weighted by Crippen LogP contribution is 2.51. The van der Waals surface area contributed by atoms with Crippen LogP contribution in [-0.4, -0.2) is 23.9 Å². The first-order valence-corrected chi connectivity index (χ1v) is 21.6. The molecule has 10 aromatic carbocycles. The maximum atomic E-state index is 5.56. The van der Waals surface area contributed by atoms with Crippen LogP contribution >= 0.6 is 11.3 Å². The Bertz CT molecular complexity index is 4530. The van der Waals surface area contributed by atoms with Gasteiger partial charge in [-0.15, -0.1) is 11.3 Å². The molecular formula is C55H27N5S. The largest absolute Gasteiger partial charge is 0.307 e. The van der Waals surface area contributed by atoms with E-state index in [1.807, 2.05) is 11.3 Å². The van der Waals surface area contributed by atoms with E-state index in [9.17, 15) is 0 Å². The van der Waals surface area contributed by atoms with E-state index in [4.69, 9.17) is 15.0 Å². The van der Waals surface area contributed by atoms with Crippen molar-refractivity contribution in [1.29, 1.82) is 0 Å². The lowest BCUT2D eigenvalue weighted by molar-refractivity contribution is 0.955. The first-order valence-electron chi connectivity index (χ1n) is 20.8. The molecule has 0 radical (unpaired) electrons. The van der Waals surface area contributed by atoms with Gasteiger partial charge in [0.05, 0.1) is 27.6 Å². The van der Waals surface area contributed by atoms with Crippen molar-refractivity contribution in [3.05, 3.63) is 164 Å². The summed E-state index contributed by atoms with van der Waals surface area (Å²) in [4.78, 5) is 16.4. The Morgan fingerprint density at radius 2 is 0.984 bits per heavy atom. The number of benzene rings is 10. The van der Waals surface area contributed by atoms with Crippen molar-refractivity contribution in [1.82, 2.24) is 23.9 Å². The number of rotatable bonds is 3. The zero-order chi connectivity index (χ0) is 39.2. The fourth-order valence-corrected chi connectivity index (χ4v) is 12.4. The van der Waals surface area contributed by atoms with E-state index in [0.717, 1.165) is 27.5 Å². The van der Waals surface area contributed by atoms with Crippen molar-refractivity contribution in [3.8, 4) is 28.7 Å². The molecule has 61 heavy (non-hydrogen) atoms. The molecule has 0 atom stereocenters. The number of aromatic nitrogens is 5. The average molecular weight is 790 g/mol. The molecule has 0 aliphatic rings. The molecule has 5 nitrogen and oxygen atoms in total. The van der Waals surface area contributed by atoms with Crippen LogP contribution in [0.4, 0.5) is 0 Å². The lowest BCUT2D eigenvalue weighted by atomic mass is 9.96. The van der Waals surface area contributed by atoms with Crippen molar-refractivity contribution in [2.75, 3.05) is 0 Å². The van der Waals surface area contributed by atoms with E-state index in [0.29, 0.717) is 17.6 Å². The summed E-state index contributed by atoms with van der Waals surface area (Å²) in [6.07, 6.45) is 0. The van der Waals surface area contributed by atoms with Gasteiger partial charge in [-0.1, -0.05) is 127 Å². The van der Waals surface area contributed by atoms with Crippen LogP contribution in [-0.2, 0) is 0 Å². The van der Waals surface area contributed by atoms with Crippen LogP contribution in [0.1, 0.15) is 0 Å². The Kier molecular flexibility index (Phi) is 5.41. The van der Waals surface area contributed by atoms with Crippen molar-refractivity contribution >= 4 is 134 Å². The van der Waals surface area contributed by atoms with Crippen molar-refractivity contribution in [3.63, 3.8) is 0 Å². The number of fused-ring (bicyclic) bond motifs is 7. The smallest absolute Gasteiger partial charge is 0.238 e. The molecule has 0 N–H and O–H groups in total. The van der Waals surface area contributed by atoms with Crippen LogP contribution in [0.2, 0.25) is 0 Å². The van der Waals surface area contributed by atoms with E-state index in [1.165, 1.54) is 107 Å². The van der Waals surface area contributed by atoms with Gasteiger partial charge in [0, 0.05) is 74.4 Å². The number of hydrogen-bond donors (Lipinski definition) is 0. The lowest BCUT2D eigenvalue weighted by Gasteiger charge is -2.13. The predicted octanol–water partition coefficient (Wildman–Crippen LogP) is 14.7. The Hall–Kier alpha value is -7.93. The van der Waals surface area contributed by atoms with Gasteiger partial charge in [-0.05, 0) is 68.7 Å². The number of nitrogens with zero attached hydrogens (tertiary/aromatic N) is 5. The molecule has 16 aromatic rings. The quantitative estimate of drug-likeness (QED) is 0.168. The van der Waals surface area contributed by atoms with Gasteiger partial charge < -0.3 is 4.40 Å². The molecule has 0 saturated carbocycles. The second-order valence-corrected chi connectivity index (χ2v) is 17.8. The van der Waals surface area contributed by atoms with Crippen molar-refractivity contribution in [2.24, 2.45) is 0 Å². The standard InChI is InChI=1S/C55H27N5S/c1-2-8-31-25-34(18-15-28(31)7-1)53-56-54(39-13-6-14-43-47(39)40-26-32-9-3-4-10-33(32)27-44(40)61-43)58-55(57-53)59-41-23-20-29-16-17-30-19-21-37-35-11-5-12-36-38-22-24-42(59)49-48(41)45(29)46(30)51(37)60(50(35)36)52(38)49/h1-27H. The molecule has 0 amide bonds. The highest BCUT2D eigenvalue weighted by atomic mass is 32.1. The van der Waals surface area contributed by atoms with Crippen LogP contribution in [0.15, 0.2) is 164 Å². The van der Waals surface area contributed by atoms with E-state index in [1.54, 1.807) is 0 Å². The normalized spacial score (nSPS) is 12.9. The summed E-state index contributed by atoms with van der Waals surface area (Å²) >= 11 is 1.83. The van der Waals surface area contributed by atoms with E-state index in [2.05, 4.69) is 173 Å². The van der Waals surface area contributed by atoms with Crippen molar-refractivity contribution in [2.45, 2.75) is 0 Å². The molecule has 6 heterocycles.